The molecule has 0 amide bonds. The molecule has 0 aliphatic rings. The first-order valence-corrected chi connectivity index (χ1v) is 7.59. The van der Waals surface area contributed by atoms with Crippen molar-refractivity contribution in [1.29, 1.82) is 0 Å². The van der Waals surface area contributed by atoms with Crippen molar-refractivity contribution in [2.45, 2.75) is 20.0 Å². The summed E-state index contributed by atoms with van der Waals surface area (Å²) in [6, 6.07) is 5.74. The molecule has 1 aromatic heterocycles. The second kappa shape index (κ2) is 8.31. The first kappa shape index (κ1) is 17.7. The van der Waals surface area contributed by atoms with E-state index >= 15 is 0 Å². The molecule has 0 radical (unpaired) electrons. The van der Waals surface area contributed by atoms with Gasteiger partial charge in [-0.15, -0.1) is 0 Å². The quantitative estimate of drug-likeness (QED) is 0.761. The Kier molecular flexibility index (Phi) is 6.14. The molecule has 0 saturated heterocycles. The van der Waals surface area contributed by atoms with Crippen molar-refractivity contribution in [3.63, 3.8) is 0 Å². The van der Waals surface area contributed by atoms with E-state index in [4.69, 9.17) is 9.47 Å². The SMILES string of the molecule is COc1ccc(CCN=Cc2c(CO)cnc(C)c2O)cc1OC. The fourth-order valence-corrected chi connectivity index (χ4v) is 2.31. The number of nitrogens with zero attached hydrogens (tertiary/aromatic N) is 2. The molecule has 0 aliphatic heterocycles. The first-order valence-electron chi connectivity index (χ1n) is 7.59. The van der Waals surface area contributed by atoms with Crippen LogP contribution in [-0.2, 0) is 13.0 Å². The largest absolute Gasteiger partial charge is 0.505 e. The number of hydrogen-bond donors (Lipinski definition) is 2. The Balaban J connectivity index is 2.07. The van der Waals surface area contributed by atoms with Gasteiger partial charge in [-0.3, -0.25) is 9.98 Å². The van der Waals surface area contributed by atoms with E-state index < -0.39 is 0 Å². The highest BCUT2D eigenvalue weighted by atomic mass is 16.5. The Bertz CT molecular complexity index is 729. The van der Waals surface area contributed by atoms with E-state index in [2.05, 4.69) is 9.98 Å². The number of ether oxygens (including phenoxy) is 2. The van der Waals surface area contributed by atoms with Gasteiger partial charge in [0, 0.05) is 30.1 Å². The Hall–Kier alpha value is -2.60. The minimum atomic E-state index is -0.197. The smallest absolute Gasteiger partial charge is 0.160 e. The van der Waals surface area contributed by atoms with Crippen LogP contribution in [0.5, 0.6) is 17.2 Å². The van der Waals surface area contributed by atoms with Gasteiger partial charge >= 0.3 is 0 Å². The van der Waals surface area contributed by atoms with Crippen LogP contribution in [0.15, 0.2) is 29.4 Å². The fourth-order valence-electron chi connectivity index (χ4n) is 2.31. The monoisotopic (exact) mass is 330 g/mol. The molecule has 0 saturated carbocycles. The number of aromatic hydroxyl groups is 1. The van der Waals surface area contributed by atoms with Crippen LogP contribution in [0.2, 0.25) is 0 Å². The molecule has 2 rings (SSSR count). The number of benzene rings is 1. The van der Waals surface area contributed by atoms with Crippen molar-refractivity contribution in [3.05, 3.63) is 46.8 Å². The molecule has 128 valence electrons. The van der Waals surface area contributed by atoms with Crippen LogP contribution in [0.25, 0.3) is 0 Å². The Morgan fingerprint density at radius 3 is 2.62 bits per heavy atom. The van der Waals surface area contributed by atoms with Gasteiger partial charge < -0.3 is 19.7 Å². The molecule has 6 heteroatoms. The summed E-state index contributed by atoms with van der Waals surface area (Å²) in [5.41, 5.74) is 2.64. The number of hydrogen-bond acceptors (Lipinski definition) is 6. The summed E-state index contributed by atoms with van der Waals surface area (Å²) in [6.07, 6.45) is 3.84. The van der Waals surface area contributed by atoms with E-state index in [1.54, 1.807) is 33.6 Å². The lowest BCUT2D eigenvalue weighted by Crippen LogP contribution is -1.99. The highest BCUT2D eigenvalue weighted by molar-refractivity contribution is 5.85. The average molecular weight is 330 g/mol. The summed E-state index contributed by atoms with van der Waals surface area (Å²) < 4.78 is 10.5. The molecule has 0 unspecified atom stereocenters. The van der Waals surface area contributed by atoms with Crippen LogP contribution in [-0.4, -0.2) is 42.2 Å². The lowest BCUT2D eigenvalue weighted by molar-refractivity contribution is 0.280. The van der Waals surface area contributed by atoms with E-state index in [-0.39, 0.29) is 12.4 Å². The number of aliphatic hydroxyl groups is 1. The number of aliphatic hydroxyl groups excluding tert-OH is 1. The standard InChI is InChI=1S/C18H22N2O4/c1-12-18(22)15(14(11-21)9-20-12)10-19-7-6-13-4-5-16(23-2)17(8-13)24-3/h4-5,8-10,21-22H,6-7,11H2,1-3H3. The molecule has 1 aromatic carbocycles. The minimum Gasteiger partial charge on any atom is -0.505 e. The zero-order chi connectivity index (χ0) is 17.5. The van der Waals surface area contributed by atoms with Crippen LogP contribution >= 0.6 is 0 Å². The Labute approximate surface area is 141 Å². The zero-order valence-electron chi connectivity index (χ0n) is 14.1. The van der Waals surface area contributed by atoms with Crippen LogP contribution in [0.1, 0.15) is 22.4 Å². The summed E-state index contributed by atoms with van der Waals surface area (Å²) in [5, 5.41) is 19.4. The average Bonchev–Trinajstić information content (AvgIpc) is 2.61. The van der Waals surface area contributed by atoms with Crippen LogP contribution in [0, 0.1) is 6.92 Å². The third kappa shape index (κ3) is 4.02. The predicted octanol–water partition coefficient (Wildman–Crippen LogP) is 2.27. The molecule has 2 N–H and O–H groups in total. The van der Waals surface area contributed by atoms with Gasteiger partial charge in [-0.25, -0.2) is 0 Å². The predicted molar refractivity (Wildman–Crippen MR) is 92.3 cm³/mol. The Morgan fingerprint density at radius 1 is 1.21 bits per heavy atom. The molecule has 6 nitrogen and oxygen atoms in total. The maximum atomic E-state index is 10.1. The van der Waals surface area contributed by atoms with Crippen molar-refractivity contribution in [3.8, 4) is 17.2 Å². The Morgan fingerprint density at radius 2 is 1.96 bits per heavy atom. The van der Waals surface area contributed by atoms with Crippen LogP contribution in [0.3, 0.4) is 0 Å². The van der Waals surface area contributed by atoms with Gasteiger partial charge in [0.15, 0.2) is 11.5 Å². The highest BCUT2D eigenvalue weighted by Crippen LogP contribution is 2.27. The molecular formula is C18H22N2O4. The van der Waals surface area contributed by atoms with E-state index in [9.17, 15) is 10.2 Å². The van der Waals surface area contributed by atoms with Crippen molar-refractivity contribution in [1.82, 2.24) is 4.98 Å². The number of aromatic nitrogens is 1. The van der Waals surface area contributed by atoms with Gasteiger partial charge in [-0.1, -0.05) is 6.07 Å². The number of pyridine rings is 1. The highest BCUT2D eigenvalue weighted by Gasteiger charge is 2.09. The van der Waals surface area contributed by atoms with E-state index in [0.29, 0.717) is 34.9 Å². The first-order chi connectivity index (χ1) is 11.6. The van der Waals surface area contributed by atoms with Gasteiger partial charge in [0.05, 0.1) is 26.5 Å². The molecule has 24 heavy (non-hydrogen) atoms. The molecule has 1 heterocycles. The second-order valence-electron chi connectivity index (χ2n) is 5.26. The summed E-state index contributed by atoms with van der Waals surface area (Å²) in [6.45, 7) is 2.05. The van der Waals surface area contributed by atoms with Crippen molar-refractivity contribution >= 4 is 6.21 Å². The minimum absolute atomic E-state index is 0.0522. The number of aryl methyl sites for hydroxylation is 1. The molecule has 2 aromatic rings. The van der Waals surface area contributed by atoms with Crippen LogP contribution < -0.4 is 9.47 Å². The summed E-state index contributed by atoms with van der Waals surface area (Å²) in [4.78, 5) is 8.37. The van der Waals surface area contributed by atoms with Crippen LogP contribution in [0.4, 0.5) is 0 Å². The molecular weight excluding hydrogens is 308 g/mol. The van der Waals surface area contributed by atoms with Gasteiger partial charge in [-0.05, 0) is 31.0 Å². The molecule has 0 aliphatic carbocycles. The number of aliphatic imine (C=N–C) groups is 1. The lowest BCUT2D eigenvalue weighted by atomic mass is 10.1. The van der Waals surface area contributed by atoms with Crippen molar-refractivity contribution in [2.24, 2.45) is 4.99 Å². The molecule has 0 atom stereocenters. The van der Waals surface area contributed by atoms with Gasteiger partial charge in [0.25, 0.3) is 0 Å². The van der Waals surface area contributed by atoms with Crippen molar-refractivity contribution in [2.75, 3.05) is 20.8 Å². The molecule has 0 spiro atoms. The zero-order valence-corrected chi connectivity index (χ0v) is 14.1. The third-order valence-electron chi connectivity index (χ3n) is 3.73. The van der Waals surface area contributed by atoms with E-state index in [1.807, 2.05) is 18.2 Å². The second-order valence-corrected chi connectivity index (χ2v) is 5.26. The maximum Gasteiger partial charge on any atom is 0.160 e. The van der Waals surface area contributed by atoms with Crippen molar-refractivity contribution < 1.29 is 19.7 Å². The number of methoxy groups -OCH3 is 2. The van der Waals surface area contributed by atoms with E-state index in [0.717, 1.165) is 12.0 Å². The maximum absolute atomic E-state index is 10.1. The summed E-state index contributed by atoms with van der Waals surface area (Å²) in [7, 11) is 3.20. The summed E-state index contributed by atoms with van der Waals surface area (Å²) >= 11 is 0. The fraction of sp³-hybridized carbons (Fsp3) is 0.333. The normalized spacial score (nSPS) is 11.0. The van der Waals surface area contributed by atoms with Gasteiger partial charge in [-0.2, -0.15) is 0 Å². The topological polar surface area (TPSA) is 84.2 Å². The van der Waals surface area contributed by atoms with Gasteiger partial charge in [0.2, 0.25) is 0 Å². The van der Waals surface area contributed by atoms with Gasteiger partial charge in [0.1, 0.15) is 5.75 Å². The molecule has 0 bridgehead atoms. The summed E-state index contributed by atoms with van der Waals surface area (Å²) in [5.74, 6) is 1.43. The molecule has 0 fully saturated rings. The van der Waals surface area contributed by atoms with E-state index in [1.165, 1.54) is 0 Å². The third-order valence-corrected chi connectivity index (χ3v) is 3.73. The number of rotatable bonds is 7. The lowest BCUT2D eigenvalue weighted by Gasteiger charge is -2.09.